The fourth-order valence-electron chi connectivity index (χ4n) is 3.65. The van der Waals surface area contributed by atoms with Crippen molar-refractivity contribution in [3.63, 3.8) is 0 Å². The summed E-state index contributed by atoms with van der Waals surface area (Å²) in [5.74, 6) is 0.997. The Morgan fingerprint density at radius 2 is 2.09 bits per heavy atom. The van der Waals surface area contributed by atoms with Crippen molar-refractivity contribution in [1.82, 2.24) is 20.3 Å². The Morgan fingerprint density at radius 3 is 2.85 bits per heavy atom. The molecule has 1 aliphatic heterocycles. The van der Waals surface area contributed by atoms with Crippen LogP contribution < -0.4 is 21.1 Å². The molecule has 4 aromatic rings. The van der Waals surface area contributed by atoms with Gasteiger partial charge in [0.25, 0.3) is 5.91 Å². The lowest BCUT2D eigenvalue weighted by Crippen LogP contribution is -2.22. The van der Waals surface area contributed by atoms with Gasteiger partial charge >= 0.3 is 0 Å². The van der Waals surface area contributed by atoms with Gasteiger partial charge in [-0.3, -0.25) is 15.1 Å². The van der Waals surface area contributed by atoms with Gasteiger partial charge in [0.2, 0.25) is 6.41 Å². The highest BCUT2D eigenvalue weighted by molar-refractivity contribution is 6.01. The van der Waals surface area contributed by atoms with Gasteiger partial charge in [0.15, 0.2) is 5.82 Å². The second-order valence-corrected chi connectivity index (χ2v) is 7.68. The molecule has 10 heteroatoms. The van der Waals surface area contributed by atoms with Crippen LogP contribution >= 0.6 is 0 Å². The fourth-order valence-corrected chi connectivity index (χ4v) is 3.65. The number of hydrogen-bond acceptors (Lipinski definition) is 9. The number of carbonyl (C=O) groups is 1. The van der Waals surface area contributed by atoms with Gasteiger partial charge in [0.1, 0.15) is 24.3 Å². The van der Waals surface area contributed by atoms with Crippen molar-refractivity contribution in [2.75, 3.05) is 18.5 Å². The molecule has 5 rings (SSSR count). The molecule has 1 fully saturated rings. The van der Waals surface area contributed by atoms with E-state index in [1.165, 1.54) is 0 Å². The van der Waals surface area contributed by atoms with E-state index in [9.17, 15) is 9.90 Å². The monoisotopic (exact) mass is 458 g/mol. The van der Waals surface area contributed by atoms with Gasteiger partial charge in [-0.1, -0.05) is 12.1 Å². The molecule has 2 atom stereocenters. The summed E-state index contributed by atoms with van der Waals surface area (Å²) >= 11 is 0. The number of nitrogens with one attached hydrogen (secondary N) is 2. The van der Waals surface area contributed by atoms with E-state index in [0.29, 0.717) is 46.1 Å². The number of primary amides is 1. The predicted octanol–water partition coefficient (Wildman–Crippen LogP) is 2.18. The van der Waals surface area contributed by atoms with E-state index >= 15 is 0 Å². The zero-order valence-electron chi connectivity index (χ0n) is 18.0. The molecule has 1 amide bonds. The molecule has 10 nitrogen and oxygen atoms in total. The van der Waals surface area contributed by atoms with Gasteiger partial charge in [-0.15, -0.1) is 0 Å². The maximum absolute atomic E-state index is 11.9. The first kappa shape index (κ1) is 21.7. The molecule has 172 valence electrons. The Bertz CT molecular complexity index is 1330. The quantitative estimate of drug-likeness (QED) is 0.327. The number of carbonyl (C=O) groups excluding carboxylic acids is 1. The lowest BCUT2D eigenvalue weighted by Gasteiger charge is -2.15. The van der Waals surface area contributed by atoms with Crippen molar-refractivity contribution < 1.29 is 19.4 Å². The van der Waals surface area contributed by atoms with Crippen molar-refractivity contribution in [1.29, 1.82) is 0 Å². The molecule has 0 bridgehead atoms. The molecule has 1 saturated heterocycles. The number of fused-ring (bicyclic) bond motifs is 1. The zero-order valence-corrected chi connectivity index (χ0v) is 18.0. The summed E-state index contributed by atoms with van der Waals surface area (Å²) in [6.07, 6.45) is 2.11. The van der Waals surface area contributed by atoms with Crippen LogP contribution in [0.5, 0.6) is 5.75 Å². The van der Waals surface area contributed by atoms with Crippen LogP contribution in [0.25, 0.3) is 22.3 Å². The van der Waals surface area contributed by atoms with Gasteiger partial charge in [-0.25, -0.2) is 9.97 Å². The molecular weight excluding hydrogens is 436 g/mol. The number of anilines is 2. The van der Waals surface area contributed by atoms with E-state index in [1.807, 2.05) is 30.3 Å². The molecule has 5 N–H and O–H groups in total. The van der Waals surface area contributed by atoms with E-state index in [0.717, 1.165) is 5.56 Å². The van der Waals surface area contributed by atoms with Crippen molar-refractivity contribution in [2.24, 2.45) is 5.73 Å². The highest BCUT2D eigenvalue weighted by Gasteiger charge is 2.23. The Morgan fingerprint density at radius 1 is 1.21 bits per heavy atom. The first-order valence-electron chi connectivity index (χ1n) is 10.6. The number of para-hydroxylation sites is 1. The topological polar surface area (TPSA) is 145 Å². The number of ether oxygens (including phenoxy) is 2. The van der Waals surface area contributed by atoms with Crippen LogP contribution in [0.3, 0.4) is 0 Å². The standard InChI is InChI=1S/C24H22N6O4/c25-21(31)17-5-1-2-6-19(17)29-23-18-10-15(33-13-16-12-27-24(32)34-16)7-8-20(18)28-22(30-23)14-4-3-9-26-11-14/h1-11,16,24,27,32H,12-13H2,(H2,25,31)(H,28,29,30). The minimum absolute atomic E-state index is 0.261. The van der Waals surface area contributed by atoms with E-state index in [4.69, 9.17) is 20.2 Å². The average Bonchev–Trinajstić information content (AvgIpc) is 3.28. The summed E-state index contributed by atoms with van der Waals surface area (Å²) in [6, 6.07) is 16.1. The molecule has 0 spiro atoms. The largest absolute Gasteiger partial charge is 0.491 e. The van der Waals surface area contributed by atoms with Crippen LogP contribution in [0.1, 0.15) is 10.4 Å². The molecule has 2 aromatic carbocycles. The molecule has 0 aliphatic carbocycles. The average molecular weight is 458 g/mol. The highest BCUT2D eigenvalue weighted by Crippen LogP contribution is 2.31. The van der Waals surface area contributed by atoms with E-state index < -0.39 is 12.3 Å². The van der Waals surface area contributed by atoms with Gasteiger partial charge in [-0.2, -0.15) is 0 Å². The first-order valence-corrected chi connectivity index (χ1v) is 10.6. The van der Waals surface area contributed by atoms with Gasteiger partial charge in [0, 0.05) is 29.9 Å². The van der Waals surface area contributed by atoms with Crippen LogP contribution in [0.15, 0.2) is 67.0 Å². The van der Waals surface area contributed by atoms with Gasteiger partial charge < -0.3 is 25.6 Å². The maximum Gasteiger partial charge on any atom is 0.250 e. The van der Waals surface area contributed by atoms with Crippen LogP contribution in [0.4, 0.5) is 11.5 Å². The van der Waals surface area contributed by atoms with Crippen LogP contribution in [0, 0.1) is 0 Å². The number of hydrogen-bond donors (Lipinski definition) is 4. The number of rotatable bonds is 7. The first-order chi connectivity index (χ1) is 16.6. The SMILES string of the molecule is NC(=O)c1ccccc1Nc1nc(-c2cccnc2)nc2ccc(OCC3CNC(O)O3)cc12. The maximum atomic E-state index is 11.9. The number of nitrogens with zero attached hydrogens (tertiary/aromatic N) is 3. The number of pyridine rings is 1. The molecule has 34 heavy (non-hydrogen) atoms. The van der Waals surface area contributed by atoms with Crippen LogP contribution in [-0.4, -0.2) is 51.6 Å². The normalized spacial score (nSPS) is 17.6. The lowest BCUT2D eigenvalue weighted by molar-refractivity contribution is -0.107. The Balaban J connectivity index is 1.54. The minimum atomic E-state index is -0.981. The molecule has 0 radical (unpaired) electrons. The van der Waals surface area contributed by atoms with Gasteiger partial charge in [0.05, 0.1) is 16.8 Å². The number of aliphatic hydroxyl groups excluding tert-OH is 1. The summed E-state index contributed by atoms with van der Waals surface area (Å²) in [5, 5.41) is 16.2. The zero-order chi connectivity index (χ0) is 23.5. The molecule has 2 aromatic heterocycles. The molecule has 1 aliphatic rings. The minimum Gasteiger partial charge on any atom is -0.491 e. The second-order valence-electron chi connectivity index (χ2n) is 7.68. The van der Waals surface area contributed by atoms with Crippen LogP contribution in [-0.2, 0) is 4.74 Å². The number of amides is 1. The van der Waals surface area contributed by atoms with E-state index in [1.54, 1.807) is 36.7 Å². The number of aliphatic hydroxyl groups is 1. The smallest absolute Gasteiger partial charge is 0.250 e. The molecular formula is C24H22N6O4. The number of aromatic nitrogens is 3. The van der Waals surface area contributed by atoms with Crippen molar-refractivity contribution >= 4 is 28.3 Å². The molecule has 2 unspecified atom stereocenters. The second kappa shape index (κ2) is 9.40. The van der Waals surface area contributed by atoms with Gasteiger partial charge in [-0.05, 0) is 42.5 Å². The summed E-state index contributed by atoms with van der Waals surface area (Å²) in [6.45, 7) is 0.750. The number of nitrogens with two attached hydrogens (primary N) is 1. The summed E-state index contributed by atoms with van der Waals surface area (Å²) in [4.78, 5) is 25.5. The van der Waals surface area contributed by atoms with Crippen LogP contribution in [0.2, 0.25) is 0 Å². The van der Waals surface area contributed by atoms with Crippen molar-refractivity contribution in [3.8, 4) is 17.1 Å². The third kappa shape index (κ3) is 4.64. The third-order valence-electron chi connectivity index (χ3n) is 5.31. The van der Waals surface area contributed by atoms with E-state index in [-0.39, 0.29) is 12.7 Å². The highest BCUT2D eigenvalue weighted by atomic mass is 16.6. The Hall–Kier alpha value is -4.12. The Kier molecular flexibility index (Phi) is 6.00. The predicted molar refractivity (Wildman–Crippen MR) is 125 cm³/mol. The summed E-state index contributed by atoms with van der Waals surface area (Å²) in [7, 11) is 0. The van der Waals surface area contributed by atoms with E-state index in [2.05, 4.69) is 20.6 Å². The third-order valence-corrected chi connectivity index (χ3v) is 5.31. The van der Waals surface area contributed by atoms with Crippen molar-refractivity contribution in [2.45, 2.75) is 12.5 Å². The lowest BCUT2D eigenvalue weighted by atomic mass is 10.1. The Labute approximate surface area is 194 Å². The molecule has 0 saturated carbocycles. The fraction of sp³-hybridized carbons (Fsp3) is 0.167. The summed E-state index contributed by atoms with van der Waals surface area (Å²) < 4.78 is 11.2. The van der Waals surface area contributed by atoms with Crippen molar-refractivity contribution in [3.05, 3.63) is 72.6 Å². The number of benzene rings is 2. The molecule has 3 heterocycles. The summed E-state index contributed by atoms with van der Waals surface area (Å²) in [5.41, 5.74) is 7.85.